The van der Waals surface area contributed by atoms with Crippen molar-refractivity contribution in [1.82, 2.24) is 15.2 Å². The number of rotatable bonds is 6. The van der Waals surface area contributed by atoms with E-state index in [2.05, 4.69) is 25.2 Å². The number of carbonyl (C=O) groups excluding carboxylic acids is 1. The predicted octanol–water partition coefficient (Wildman–Crippen LogP) is 4.05. The number of ether oxygens (including phenoxy) is 1. The molecule has 2 aromatic heterocycles. The van der Waals surface area contributed by atoms with Crippen LogP contribution in [0.2, 0.25) is 5.02 Å². The molecule has 4 aromatic rings. The number of fused-ring (bicyclic) bond motifs is 1. The number of halogens is 1. The van der Waals surface area contributed by atoms with Crippen molar-refractivity contribution in [2.24, 2.45) is 0 Å². The van der Waals surface area contributed by atoms with Crippen LogP contribution in [-0.4, -0.2) is 36.6 Å². The molecule has 0 aliphatic carbocycles. The lowest BCUT2D eigenvalue weighted by molar-refractivity contribution is -0.114. The third kappa shape index (κ3) is 4.23. The molecule has 0 aliphatic heterocycles. The fourth-order valence-corrected chi connectivity index (χ4v) is 4.49. The lowest BCUT2D eigenvalue weighted by Crippen LogP contribution is -2.13. The van der Waals surface area contributed by atoms with Crippen molar-refractivity contribution in [1.29, 1.82) is 0 Å². The van der Waals surface area contributed by atoms with Crippen LogP contribution >= 0.6 is 11.6 Å². The molecule has 2 heterocycles. The van der Waals surface area contributed by atoms with Crippen molar-refractivity contribution >= 4 is 50.1 Å². The van der Waals surface area contributed by atoms with Crippen molar-refractivity contribution in [3.8, 4) is 16.9 Å². The van der Waals surface area contributed by atoms with Gasteiger partial charge in [0.25, 0.3) is 10.0 Å². The van der Waals surface area contributed by atoms with Gasteiger partial charge in [0.1, 0.15) is 11.6 Å². The van der Waals surface area contributed by atoms with Crippen molar-refractivity contribution < 1.29 is 17.9 Å². The number of carbonyl (C=O) groups is 1. The van der Waals surface area contributed by atoms with E-state index >= 15 is 0 Å². The van der Waals surface area contributed by atoms with Gasteiger partial charge < -0.3 is 10.1 Å². The SMILES string of the molecule is COc1ccc(S(=O)(=O)Nc2ccccc2Cl)cc1-c1cnc2n[nH]c(NC(C)=O)c2c1. The summed E-state index contributed by atoms with van der Waals surface area (Å²) in [5.74, 6) is 0.578. The average molecular weight is 472 g/mol. The zero-order valence-corrected chi connectivity index (χ0v) is 18.6. The molecule has 4 rings (SSSR count). The molecular weight excluding hydrogens is 454 g/mol. The number of aromatic amines is 1. The number of methoxy groups -OCH3 is 1. The Labute approximate surface area is 188 Å². The Balaban J connectivity index is 1.79. The van der Waals surface area contributed by atoms with Gasteiger partial charge in [-0.15, -0.1) is 0 Å². The molecule has 0 fully saturated rings. The van der Waals surface area contributed by atoms with E-state index in [-0.39, 0.29) is 21.5 Å². The molecular formula is C21H18ClN5O4S. The van der Waals surface area contributed by atoms with E-state index in [1.807, 2.05) is 0 Å². The quantitative estimate of drug-likeness (QED) is 0.389. The minimum atomic E-state index is -3.93. The summed E-state index contributed by atoms with van der Waals surface area (Å²) in [6.45, 7) is 1.38. The fourth-order valence-electron chi connectivity index (χ4n) is 3.15. The Morgan fingerprint density at radius 1 is 1.16 bits per heavy atom. The molecule has 164 valence electrons. The minimum absolute atomic E-state index is 0.0163. The number of nitrogens with zero attached hydrogens (tertiary/aromatic N) is 2. The van der Waals surface area contributed by atoms with Crippen LogP contribution in [0.4, 0.5) is 11.5 Å². The number of sulfonamides is 1. The third-order valence-electron chi connectivity index (χ3n) is 4.62. The second kappa shape index (κ2) is 8.48. The summed E-state index contributed by atoms with van der Waals surface area (Å²) in [6, 6.07) is 12.8. The van der Waals surface area contributed by atoms with Crippen LogP contribution in [0.15, 0.2) is 59.6 Å². The average Bonchev–Trinajstić information content (AvgIpc) is 3.16. The van der Waals surface area contributed by atoms with Gasteiger partial charge in [0, 0.05) is 24.2 Å². The van der Waals surface area contributed by atoms with Crippen LogP contribution in [-0.2, 0) is 14.8 Å². The number of hydrogen-bond acceptors (Lipinski definition) is 6. The maximum atomic E-state index is 13.0. The lowest BCUT2D eigenvalue weighted by Gasteiger charge is -2.13. The number of anilines is 2. The van der Waals surface area contributed by atoms with Gasteiger partial charge in [-0.05, 0) is 36.4 Å². The van der Waals surface area contributed by atoms with Crippen molar-refractivity contribution in [3.05, 3.63) is 59.8 Å². The van der Waals surface area contributed by atoms with E-state index in [4.69, 9.17) is 16.3 Å². The Kier molecular flexibility index (Phi) is 5.72. The number of nitrogens with one attached hydrogen (secondary N) is 3. The van der Waals surface area contributed by atoms with E-state index in [0.717, 1.165) is 0 Å². The molecule has 32 heavy (non-hydrogen) atoms. The number of benzene rings is 2. The maximum Gasteiger partial charge on any atom is 0.261 e. The highest BCUT2D eigenvalue weighted by atomic mass is 35.5. The Hall–Kier alpha value is -3.63. The zero-order valence-electron chi connectivity index (χ0n) is 17.0. The third-order valence-corrected chi connectivity index (χ3v) is 6.31. The molecule has 0 unspecified atom stereocenters. The molecule has 11 heteroatoms. The molecule has 0 spiro atoms. The summed E-state index contributed by atoms with van der Waals surface area (Å²) in [5.41, 5.74) is 1.75. The molecule has 0 radical (unpaired) electrons. The van der Waals surface area contributed by atoms with E-state index in [1.165, 1.54) is 26.2 Å². The molecule has 0 saturated carbocycles. The largest absolute Gasteiger partial charge is 0.496 e. The summed E-state index contributed by atoms with van der Waals surface area (Å²) in [6.07, 6.45) is 1.55. The molecule has 9 nitrogen and oxygen atoms in total. The van der Waals surface area contributed by atoms with Gasteiger partial charge >= 0.3 is 0 Å². The summed E-state index contributed by atoms with van der Waals surface area (Å²) in [5, 5.41) is 10.3. The van der Waals surface area contributed by atoms with Crippen molar-refractivity contribution in [3.63, 3.8) is 0 Å². The molecule has 0 aliphatic rings. The predicted molar refractivity (Wildman–Crippen MR) is 122 cm³/mol. The first-order valence-corrected chi connectivity index (χ1v) is 11.2. The van der Waals surface area contributed by atoms with E-state index in [0.29, 0.717) is 33.7 Å². The van der Waals surface area contributed by atoms with Crippen LogP contribution in [0, 0.1) is 0 Å². The maximum absolute atomic E-state index is 13.0. The number of pyridine rings is 1. The topological polar surface area (TPSA) is 126 Å². The van der Waals surface area contributed by atoms with Crippen molar-refractivity contribution in [2.45, 2.75) is 11.8 Å². The summed E-state index contributed by atoms with van der Waals surface area (Å²) in [4.78, 5) is 15.8. The minimum Gasteiger partial charge on any atom is -0.496 e. The summed E-state index contributed by atoms with van der Waals surface area (Å²) < 4.78 is 33.9. The van der Waals surface area contributed by atoms with Crippen molar-refractivity contribution in [2.75, 3.05) is 17.1 Å². The second-order valence-electron chi connectivity index (χ2n) is 6.82. The van der Waals surface area contributed by atoms with Crippen LogP contribution in [0.5, 0.6) is 5.75 Å². The number of amides is 1. The smallest absolute Gasteiger partial charge is 0.261 e. The first-order chi connectivity index (χ1) is 15.3. The molecule has 0 saturated heterocycles. The van der Waals surface area contributed by atoms with Gasteiger partial charge in [-0.3, -0.25) is 14.6 Å². The van der Waals surface area contributed by atoms with Crippen LogP contribution in [0.3, 0.4) is 0 Å². The molecule has 0 atom stereocenters. The standard InChI is InChI=1S/C21H18ClN5O4S/c1-12(28)24-21-16-9-13(11-23-20(16)25-26-21)15-10-14(7-8-19(15)31-2)32(29,30)27-18-6-4-3-5-17(18)22/h3-11,27H,1-2H3,(H2,23,24,25,26,28). The van der Waals surface area contributed by atoms with Crippen LogP contribution in [0.1, 0.15) is 6.92 Å². The van der Waals surface area contributed by atoms with Gasteiger partial charge in [0.05, 0.1) is 28.1 Å². The molecule has 0 bridgehead atoms. The van der Waals surface area contributed by atoms with Gasteiger partial charge in [0.2, 0.25) is 5.91 Å². The molecule has 3 N–H and O–H groups in total. The fraction of sp³-hybridized carbons (Fsp3) is 0.0952. The molecule has 2 aromatic carbocycles. The highest BCUT2D eigenvalue weighted by Gasteiger charge is 2.19. The summed E-state index contributed by atoms with van der Waals surface area (Å²) in [7, 11) is -2.45. The second-order valence-corrected chi connectivity index (χ2v) is 8.91. The Bertz CT molecular complexity index is 1440. The number of H-pyrrole nitrogens is 1. The monoisotopic (exact) mass is 471 g/mol. The highest BCUT2D eigenvalue weighted by molar-refractivity contribution is 7.92. The zero-order chi connectivity index (χ0) is 22.9. The highest BCUT2D eigenvalue weighted by Crippen LogP contribution is 2.35. The Morgan fingerprint density at radius 3 is 2.66 bits per heavy atom. The van der Waals surface area contributed by atoms with E-state index < -0.39 is 10.0 Å². The van der Waals surface area contributed by atoms with E-state index in [9.17, 15) is 13.2 Å². The summed E-state index contributed by atoms with van der Waals surface area (Å²) >= 11 is 6.09. The van der Waals surface area contributed by atoms with Crippen LogP contribution < -0.4 is 14.8 Å². The first-order valence-electron chi connectivity index (χ1n) is 9.36. The molecule has 1 amide bonds. The number of hydrogen-bond donors (Lipinski definition) is 3. The normalized spacial score (nSPS) is 11.3. The van der Waals surface area contributed by atoms with Crippen LogP contribution in [0.25, 0.3) is 22.2 Å². The van der Waals surface area contributed by atoms with Gasteiger partial charge in [0.15, 0.2) is 5.65 Å². The lowest BCUT2D eigenvalue weighted by atomic mass is 10.1. The number of aromatic nitrogens is 3. The first kappa shape index (κ1) is 21.6. The Morgan fingerprint density at radius 2 is 1.94 bits per heavy atom. The van der Waals surface area contributed by atoms with Gasteiger partial charge in [-0.1, -0.05) is 23.7 Å². The number of para-hydroxylation sites is 1. The van der Waals surface area contributed by atoms with E-state index in [1.54, 1.807) is 42.6 Å². The van der Waals surface area contributed by atoms with Gasteiger partial charge in [-0.25, -0.2) is 13.4 Å². The van der Waals surface area contributed by atoms with Gasteiger partial charge in [-0.2, -0.15) is 5.10 Å².